The van der Waals surface area contributed by atoms with Gasteiger partial charge in [-0.1, -0.05) is 78.4 Å². The van der Waals surface area contributed by atoms with Crippen LogP contribution in [0.3, 0.4) is 0 Å². The van der Waals surface area contributed by atoms with Crippen molar-refractivity contribution in [2.45, 2.75) is 31.6 Å². The Morgan fingerprint density at radius 1 is 0.964 bits per heavy atom. The maximum atomic E-state index is 11.5. The number of ether oxygens (including phenoxy) is 1. The predicted molar refractivity (Wildman–Crippen MR) is 109 cm³/mol. The van der Waals surface area contributed by atoms with Gasteiger partial charge in [-0.25, -0.2) is 0 Å². The highest BCUT2D eigenvalue weighted by atomic mass is 16.5. The molecule has 0 aliphatic heterocycles. The van der Waals surface area contributed by atoms with Gasteiger partial charge in [-0.15, -0.1) is 0 Å². The summed E-state index contributed by atoms with van der Waals surface area (Å²) in [5.41, 5.74) is 11.3. The molecular weight excluding hydrogens is 350 g/mol. The minimum Gasteiger partial charge on any atom is -0.480 e. The van der Waals surface area contributed by atoms with E-state index in [0.717, 1.165) is 33.4 Å². The monoisotopic (exact) mass is 373 g/mol. The molecule has 0 saturated heterocycles. The molecule has 1 aliphatic rings. The number of aliphatic carboxylic acids is 1. The van der Waals surface area contributed by atoms with E-state index < -0.39 is 23.7 Å². The van der Waals surface area contributed by atoms with Crippen LogP contribution in [0, 0.1) is 6.92 Å². The SMILES string of the molecule is Cc1ccc2c(c1)C(OC(C)[C@H](N)C(=O)O)(c1ccccc1)c1ccccc1-2. The molecule has 28 heavy (non-hydrogen) atoms. The van der Waals surface area contributed by atoms with Crippen LogP contribution in [-0.4, -0.2) is 23.2 Å². The number of aryl methyl sites for hydroxylation is 1. The highest BCUT2D eigenvalue weighted by Crippen LogP contribution is 2.53. The summed E-state index contributed by atoms with van der Waals surface area (Å²) in [6.07, 6.45) is -0.697. The molecule has 0 saturated carbocycles. The smallest absolute Gasteiger partial charge is 0.323 e. The van der Waals surface area contributed by atoms with Gasteiger partial charge >= 0.3 is 5.97 Å². The van der Waals surface area contributed by atoms with Crippen LogP contribution in [0.5, 0.6) is 0 Å². The van der Waals surface area contributed by atoms with Gasteiger partial charge in [0.1, 0.15) is 11.6 Å². The van der Waals surface area contributed by atoms with Crippen molar-refractivity contribution in [3.8, 4) is 11.1 Å². The summed E-state index contributed by atoms with van der Waals surface area (Å²) < 4.78 is 6.61. The van der Waals surface area contributed by atoms with E-state index in [4.69, 9.17) is 10.5 Å². The number of rotatable bonds is 5. The number of carbonyl (C=O) groups is 1. The molecule has 0 aromatic heterocycles. The van der Waals surface area contributed by atoms with Gasteiger partial charge in [-0.2, -0.15) is 0 Å². The number of hydrogen-bond donors (Lipinski definition) is 2. The van der Waals surface area contributed by atoms with Crippen molar-refractivity contribution >= 4 is 5.97 Å². The highest BCUT2D eigenvalue weighted by molar-refractivity contribution is 5.83. The number of nitrogens with two attached hydrogens (primary N) is 1. The summed E-state index contributed by atoms with van der Waals surface area (Å²) >= 11 is 0. The zero-order chi connectivity index (χ0) is 19.9. The fraction of sp³-hybridized carbons (Fsp3) is 0.208. The molecule has 0 radical (unpaired) electrons. The molecule has 0 bridgehead atoms. The highest BCUT2D eigenvalue weighted by Gasteiger charge is 2.47. The molecule has 0 heterocycles. The Balaban J connectivity index is 2.01. The van der Waals surface area contributed by atoms with Gasteiger partial charge in [0.15, 0.2) is 0 Å². The number of benzene rings is 3. The van der Waals surface area contributed by atoms with Crippen molar-refractivity contribution in [1.82, 2.24) is 0 Å². The second-order valence-corrected chi connectivity index (χ2v) is 7.33. The Morgan fingerprint density at radius 3 is 2.32 bits per heavy atom. The zero-order valence-corrected chi connectivity index (χ0v) is 15.9. The molecule has 4 heteroatoms. The number of hydrogen-bond acceptors (Lipinski definition) is 3. The fourth-order valence-corrected chi connectivity index (χ4v) is 4.09. The topological polar surface area (TPSA) is 72.5 Å². The average molecular weight is 373 g/mol. The molecule has 4 rings (SSSR count). The third kappa shape index (κ3) is 2.73. The number of carboxylic acids is 1. The first-order chi connectivity index (χ1) is 13.4. The fourth-order valence-electron chi connectivity index (χ4n) is 4.09. The van der Waals surface area contributed by atoms with Crippen molar-refractivity contribution in [2.24, 2.45) is 5.73 Å². The van der Waals surface area contributed by atoms with Gasteiger partial charge < -0.3 is 15.6 Å². The lowest BCUT2D eigenvalue weighted by Crippen LogP contribution is -2.46. The van der Waals surface area contributed by atoms with Crippen molar-refractivity contribution in [1.29, 1.82) is 0 Å². The van der Waals surface area contributed by atoms with E-state index in [1.807, 2.05) is 49.4 Å². The van der Waals surface area contributed by atoms with Crippen LogP contribution >= 0.6 is 0 Å². The molecule has 3 aromatic carbocycles. The minimum atomic E-state index is -1.12. The predicted octanol–water partition coefficient (Wildman–Crippen LogP) is 4.08. The van der Waals surface area contributed by atoms with E-state index in [-0.39, 0.29) is 0 Å². The van der Waals surface area contributed by atoms with E-state index in [0.29, 0.717) is 0 Å². The molecule has 3 aromatic rings. The summed E-state index contributed by atoms with van der Waals surface area (Å²) in [6, 6.07) is 23.3. The second kappa shape index (κ2) is 6.89. The van der Waals surface area contributed by atoms with Crippen molar-refractivity contribution in [3.63, 3.8) is 0 Å². The summed E-state index contributed by atoms with van der Waals surface area (Å²) in [7, 11) is 0. The van der Waals surface area contributed by atoms with Crippen molar-refractivity contribution in [3.05, 3.63) is 95.1 Å². The first-order valence-corrected chi connectivity index (χ1v) is 9.38. The van der Waals surface area contributed by atoms with Crippen LogP contribution in [-0.2, 0) is 15.1 Å². The Kier molecular flexibility index (Phi) is 4.53. The Morgan fingerprint density at radius 2 is 1.61 bits per heavy atom. The molecule has 0 amide bonds. The van der Waals surface area contributed by atoms with E-state index in [2.05, 4.69) is 30.3 Å². The summed E-state index contributed by atoms with van der Waals surface area (Å²) in [5.74, 6) is -1.08. The molecule has 0 spiro atoms. The molecule has 2 unspecified atom stereocenters. The summed E-state index contributed by atoms with van der Waals surface area (Å²) in [4.78, 5) is 11.5. The van der Waals surface area contributed by atoms with Crippen LogP contribution in [0.15, 0.2) is 72.8 Å². The van der Waals surface area contributed by atoms with Gasteiger partial charge in [-0.3, -0.25) is 4.79 Å². The Bertz CT molecular complexity index is 1030. The Hall–Kier alpha value is -2.95. The van der Waals surface area contributed by atoms with Crippen molar-refractivity contribution < 1.29 is 14.6 Å². The van der Waals surface area contributed by atoms with E-state index >= 15 is 0 Å². The van der Waals surface area contributed by atoms with Gasteiger partial charge in [0.2, 0.25) is 0 Å². The van der Waals surface area contributed by atoms with Gasteiger partial charge in [-0.05, 0) is 30.5 Å². The van der Waals surface area contributed by atoms with Crippen LogP contribution in [0.4, 0.5) is 0 Å². The van der Waals surface area contributed by atoms with Gasteiger partial charge in [0, 0.05) is 11.1 Å². The molecular formula is C24H23NO3. The normalized spacial score (nSPS) is 19.5. The van der Waals surface area contributed by atoms with Crippen LogP contribution < -0.4 is 5.73 Å². The lowest BCUT2D eigenvalue weighted by Gasteiger charge is -2.36. The maximum Gasteiger partial charge on any atom is 0.323 e. The maximum absolute atomic E-state index is 11.5. The molecule has 1 aliphatic carbocycles. The van der Waals surface area contributed by atoms with Gasteiger partial charge in [0.05, 0.1) is 6.10 Å². The minimum absolute atomic E-state index is 0.697. The lowest BCUT2D eigenvalue weighted by molar-refractivity contribution is -0.144. The molecule has 142 valence electrons. The largest absolute Gasteiger partial charge is 0.480 e. The van der Waals surface area contributed by atoms with Crippen LogP contribution in [0.1, 0.15) is 29.2 Å². The third-order valence-electron chi connectivity index (χ3n) is 5.48. The van der Waals surface area contributed by atoms with Crippen LogP contribution in [0.25, 0.3) is 11.1 Å². The van der Waals surface area contributed by atoms with E-state index in [1.165, 1.54) is 0 Å². The van der Waals surface area contributed by atoms with E-state index in [9.17, 15) is 9.90 Å². The molecule has 4 nitrogen and oxygen atoms in total. The van der Waals surface area contributed by atoms with Crippen LogP contribution in [0.2, 0.25) is 0 Å². The van der Waals surface area contributed by atoms with Crippen molar-refractivity contribution in [2.75, 3.05) is 0 Å². The number of fused-ring (bicyclic) bond motifs is 3. The number of carboxylic acid groups (broad SMARTS) is 1. The van der Waals surface area contributed by atoms with Gasteiger partial charge in [0.25, 0.3) is 0 Å². The summed E-state index contributed by atoms with van der Waals surface area (Å²) in [5, 5.41) is 9.41. The summed E-state index contributed by atoms with van der Waals surface area (Å²) in [6.45, 7) is 3.77. The average Bonchev–Trinajstić information content (AvgIpc) is 2.98. The first-order valence-electron chi connectivity index (χ1n) is 9.38. The Labute approximate surface area is 164 Å². The molecule has 3 N–H and O–H groups in total. The van der Waals surface area contributed by atoms with E-state index in [1.54, 1.807) is 6.92 Å². The quantitative estimate of drug-likeness (QED) is 0.707. The second-order valence-electron chi connectivity index (χ2n) is 7.33. The molecule has 3 atom stereocenters. The third-order valence-corrected chi connectivity index (χ3v) is 5.48. The lowest BCUT2D eigenvalue weighted by atomic mass is 9.83. The first kappa shape index (κ1) is 18.4. The molecule has 0 fully saturated rings. The zero-order valence-electron chi connectivity index (χ0n) is 15.9. The standard InChI is InChI=1S/C24H23NO3/c1-15-12-13-19-18-10-6-7-11-20(18)24(21(19)14-15,17-8-4-3-5-9-17)28-16(2)22(25)23(26)27/h3-14,16,22H,25H2,1-2H3,(H,26,27)/t16?,22-,24?/m0/s1.